The second kappa shape index (κ2) is 7.11. The first-order valence-corrected chi connectivity index (χ1v) is 9.73. The van der Waals surface area contributed by atoms with Gasteiger partial charge in [0.15, 0.2) is 0 Å². The Balaban J connectivity index is 1.55. The lowest BCUT2D eigenvalue weighted by Crippen LogP contribution is -2.07. The van der Waals surface area contributed by atoms with E-state index in [9.17, 15) is 4.79 Å². The molecule has 3 heterocycles. The van der Waals surface area contributed by atoms with Gasteiger partial charge in [-0.15, -0.1) is 0 Å². The van der Waals surface area contributed by atoms with Crippen molar-refractivity contribution in [2.75, 3.05) is 17.7 Å². The van der Waals surface area contributed by atoms with Gasteiger partial charge < -0.3 is 25.3 Å². The maximum Gasteiger partial charge on any atom is 0.256 e. The van der Waals surface area contributed by atoms with Crippen molar-refractivity contribution in [2.45, 2.75) is 13.0 Å². The minimum Gasteiger partial charge on any atom is -0.495 e. The molecule has 0 saturated carbocycles. The number of nitrogens with one attached hydrogen (secondary N) is 4. The third-order valence-corrected chi connectivity index (χ3v) is 5.32. The molecule has 4 aromatic rings. The fourth-order valence-electron chi connectivity index (χ4n) is 3.79. The molecule has 0 fully saturated rings. The minimum absolute atomic E-state index is 0.0813. The summed E-state index contributed by atoms with van der Waals surface area (Å²) in [5.41, 5.74) is 5.58. The third kappa shape index (κ3) is 3.00. The molecule has 5 rings (SSSR count). The van der Waals surface area contributed by atoms with E-state index < -0.39 is 0 Å². The van der Waals surface area contributed by atoms with Gasteiger partial charge in [-0.3, -0.25) is 4.79 Å². The van der Waals surface area contributed by atoms with Crippen LogP contribution >= 0.6 is 0 Å². The maximum absolute atomic E-state index is 12.7. The fraction of sp³-hybridized carbons (Fsp3) is 0.130. The van der Waals surface area contributed by atoms with Crippen molar-refractivity contribution in [1.29, 1.82) is 0 Å². The first kappa shape index (κ1) is 18.1. The summed E-state index contributed by atoms with van der Waals surface area (Å²) < 4.78 is 5.36. The van der Waals surface area contributed by atoms with Crippen molar-refractivity contribution in [1.82, 2.24) is 15.0 Å². The Labute approximate surface area is 173 Å². The Hall–Kier alpha value is -4.00. The second-order valence-electron chi connectivity index (χ2n) is 7.22. The highest BCUT2D eigenvalue weighted by Crippen LogP contribution is 2.39. The number of aromatic nitrogens is 3. The topological polar surface area (TPSA) is 94.8 Å². The van der Waals surface area contributed by atoms with E-state index in [0.717, 1.165) is 28.0 Å². The van der Waals surface area contributed by atoms with Crippen LogP contribution in [-0.2, 0) is 4.79 Å². The molecular weight excluding hydrogens is 378 g/mol. The van der Waals surface area contributed by atoms with Gasteiger partial charge in [0.25, 0.3) is 5.91 Å². The van der Waals surface area contributed by atoms with Gasteiger partial charge in [0, 0.05) is 11.8 Å². The Morgan fingerprint density at radius 2 is 1.97 bits per heavy atom. The second-order valence-corrected chi connectivity index (χ2v) is 7.22. The number of hydrogen-bond acceptors (Lipinski definition) is 4. The number of imidazole rings is 1. The molecule has 1 aliphatic rings. The molecule has 4 N–H and O–H groups in total. The summed E-state index contributed by atoms with van der Waals surface area (Å²) >= 11 is 0. The van der Waals surface area contributed by atoms with Crippen LogP contribution in [0.25, 0.3) is 22.7 Å². The van der Waals surface area contributed by atoms with Crippen LogP contribution in [-0.4, -0.2) is 28.0 Å². The van der Waals surface area contributed by atoms with E-state index in [1.165, 1.54) is 5.56 Å². The van der Waals surface area contributed by atoms with Crippen LogP contribution in [0.15, 0.2) is 54.7 Å². The lowest BCUT2D eigenvalue weighted by molar-refractivity contribution is -0.110. The number of fused-ring (bicyclic) bond motifs is 3. The number of anilines is 2. The Bertz CT molecular complexity index is 1270. The minimum atomic E-state index is -0.163. The summed E-state index contributed by atoms with van der Waals surface area (Å²) in [4.78, 5) is 23.9. The van der Waals surface area contributed by atoms with E-state index >= 15 is 0 Å². The van der Waals surface area contributed by atoms with E-state index in [0.29, 0.717) is 17.3 Å². The highest BCUT2D eigenvalue weighted by atomic mass is 16.5. The number of carbonyl (C=O) groups excluding carboxylic acids is 1. The van der Waals surface area contributed by atoms with Crippen molar-refractivity contribution in [3.8, 4) is 5.75 Å². The molecular formula is C23H21N5O2. The smallest absolute Gasteiger partial charge is 0.256 e. The Morgan fingerprint density at radius 1 is 1.13 bits per heavy atom. The number of aromatic amines is 2. The van der Waals surface area contributed by atoms with E-state index in [4.69, 9.17) is 9.72 Å². The van der Waals surface area contributed by atoms with E-state index in [2.05, 4.69) is 39.7 Å². The molecule has 0 saturated heterocycles. The number of nitrogens with zero attached hydrogens (tertiary/aromatic N) is 1. The van der Waals surface area contributed by atoms with Gasteiger partial charge in [0.1, 0.15) is 11.3 Å². The van der Waals surface area contributed by atoms with Crippen molar-refractivity contribution in [2.24, 2.45) is 0 Å². The maximum atomic E-state index is 12.7. The van der Waals surface area contributed by atoms with Gasteiger partial charge >= 0.3 is 0 Å². The van der Waals surface area contributed by atoms with E-state index in [1.807, 2.05) is 36.4 Å². The standard InChI is InChI=1S/C23H21N5O2/c1-13(14-6-4-3-5-7-14)25-23-27-17-9-8-16-20(21(17)28-23)15(22(29)26-16)12-18-19(30-2)10-11-24-18/h3-13,24H,1-2H3,(H,26,29)(H2,25,27,28)/b15-12-. The number of amides is 1. The molecule has 7 heteroatoms. The van der Waals surface area contributed by atoms with Crippen molar-refractivity contribution in [3.63, 3.8) is 0 Å². The highest BCUT2D eigenvalue weighted by Gasteiger charge is 2.28. The molecule has 0 radical (unpaired) electrons. The average molecular weight is 399 g/mol. The van der Waals surface area contributed by atoms with E-state index in [1.54, 1.807) is 19.4 Å². The summed E-state index contributed by atoms with van der Waals surface area (Å²) in [6.45, 7) is 2.08. The summed E-state index contributed by atoms with van der Waals surface area (Å²) in [7, 11) is 1.60. The molecule has 1 amide bonds. The molecule has 2 aromatic carbocycles. The zero-order valence-electron chi connectivity index (χ0n) is 16.6. The zero-order valence-corrected chi connectivity index (χ0v) is 16.6. The predicted octanol–water partition coefficient (Wildman–Crippen LogP) is 4.57. The predicted molar refractivity (Wildman–Crippen MR) is 118 cm³/mol. The van der Waals surface area contributed by atoms with Crippen molar-refractivity contribution < 1.29 is 9.53 Å². The molecule has 150 valence electrons. The molecule has 7 nitrogen and oxygen atoms in total. The van der Waals surface area contributed by atoms with Gasteiger partial charge in [-0.25, -0.2) is 4.98 Å². The number of hydrogen-bond donors (Lipinski definition) is 4. The normalized spacial score (nSPS) is 15.3. The van der Waals surface area contributed by atoms with Crippen LogP contribution in [0, 0.1) is 0 Å². The fourth-order valence-corrected chi connectivity index (χ4v) is 3.79. The number of rotatable bonds is 5. The lowest BCUT2D eigenvalue weighted by Gasteiger charge is -2.12. The van der Waals surface area contributed by atoms with Crippen LogP contribution in [0.1, 0.15) is 29.8 Å². The van der Waals surface area contributed by atoms with Crippen LogP contribution < -0.4 is 15.4 Å². The Morgan fingerprint density at radius 3 is 2.77 bits per heavy atom. The summed E-state index contributed by atoms with van der Waals surface area (Å²) in [5.74, 6) is 1.17. The molecule has 2 aromatic heterocycles. The van der Waals surface area contributed by atoms with E-state index in [-0.39, 0.29) is 11.9 Å². The Kier molecular flexibility index (Phi) is 4.28. The number of H-pyrrole nitrogens is 2. The van der Waals surface area contributed by atoms with Crippen molar-refractivity contribution >= 4 is 40.2 Å². The van der Waals surface area contributed by atoms with Crippen LogP contribution in [0.5, 0.6) is 5.75 Å². The van der Waals surface area contributed by atoms with Crippen LogP contribution in [0.4, 0.5) is 11.6 Å². The summed E-state index contributed by atoms with van der Waals surface area (Å²) in [6, 6.07) is 15.9. The molecule has 30 heavy (non-hydrogen) atoms. The van der Waals surface area contributed by atoms with Gasteiger partial charge in [-0.05, 0) is 36.8 Å². The number of carbonyl (C=O) groups is 1. The highest BCUT2D eigenvalue weighted by molar-refractivity contribution is 6.37. The summed E-state index contributed by atoms with van der Waals surface area (Å²) in [6.07, 6.45) is 3.58. The molecule has 1 aliphatic heterocycles. The molecule has 0 aliphatic carbocycles. The van der Waals surface area contributed by atoms with Gasteiger partial charge in [-0.1, -0.05) is 30.3 Å². The van der Waals surface area contributed by atoms with Gasteiger partial charge in [-0.2, -0.15) is 0 Å². The molecule has 0 bridgehead atoms. The zero-order chi connectivity index (χ0) is 20.7. The van der Waals surface area contributed by atoms with Crippen molar-refractivity contribution in [3.05, 3.63) is 71.5 Å². The molecule has 1 atom stereocenters. The quantitative estimate of drug-likeness (QED) is 0.370. The monoisotopic (exact) mass is 399 g/mol. The summed E-state index contributed by atoms with van der Waals surface area (Å²) in [5, 5.41) is 6.34. The van der Waals surface area contributed by atoms with Gasteiger partial charge in [0.2, 0.25) is 5.95 Å². The number of benzene rings is 2. The molecule has 1 unspecified atom stereocenters. The largest absolute Gasteiger partial charge is 0.495 e. The third-order valence-electron chi connectivity index (χ3n) is 5.32. The average Bonchev–Trinajstić information content (AvgIpc) is 3.45. The molecule has 0 spiro atoms. The number of ether oxygens (including phenoxy) is 1. The lowest BCUT2D eigenvalue weighted by atomic mass is 10.0. The van der Waals surface area contributed by atoms with Crippen LogP contribution in [0.3, 0.4) is 0 Å². The SMILES string of the molecule is COc1cc[nH]c1/C=C1\C(=O)Nc2ccc3[nH]c(NC(C)c4ccccc4)nc3c21. The first-order valence-electron chi connectivity index (χ1n) is 9.73. The van der Waals surface area contributed by atoms with Crippen LogP contribution in [0.2, 0.25) is 0 Å². The van der Waals surface area contributed by atoms with Gasteiger partial charge in [0.05, 0.1) is 35.6 Å². The first-order chi connectivity index (χ1) is 14.6. The number of methoxy groups -OCH3 is 1.